The minimum absolute atomic E-state index is 0.0382. The fourth-order valence-electron chi connectivity index (χ4n) is 4.11. The minimum Gasteiger partial charge on any atom is -0.379 e. The first-order valence-electron chi connectivity index (χ1n) is 8.60. The summed E-state index contributed by atoms with van der Waals surface area (Å²) in [5, 5.41) is 4.14. The van der Waals surface area contributed by atoms with Gasteiger partial charge in [0.25, 0.3) is 0 Å². The van der Waals surface area contributed by atoms with Crippen LogP contribution in [0.2, 0.25) is 0 Å². The maximum absolute atomic E-state index is 11.4. The average molecular weight is 353 g/mol. The van der Waals surface area contributed by atoms with Crippen LogP contribution in [-0.4, -0.2) is 62.2 Å². The number of anilines is 1. The Balaban J connectivity index is 1.60. The highest BCUT2D eigenvalue weighted by molar-refractivity contribution is 7.15. The highest BCUT2D eigenvalue weighted by atomic mass is 32.1. The third kappa shape index (κ3) is 3.90. The largest absolute Gasteiger partial charge is 0.379 e. The van der Waals surface area contributed by atoms with Crippen LogP contribution in [0, 0.1) is 11.8 Å². The van der Waals surface area contributed by atoms with E-state index in [1.165, 1.54) is 4.88 Å². The van der Waals surface area contributed by atoms with Crippen LogP contribution in [-0.2, 0) is 16.1 Å². The van der Waals surface area contributed by atoms with Crippen LogP contribution in [0.4, 0.5) is 5.13 Å². The smallest absolute Gasteiger partial charge is 0.217 e. The molecule has 134 valence electrons. The van der Waals surface area contributed by atoms with E-state index in [1.807, 2.05) is 20.3 Å². The van der Waals surface area contributed by atoms with Crippen molar-refractivity contribution in [2.24, 2.45) is 11.8 Å². The zero-order valence-corrected chi connectivity index (χ0v) is 15.8. The van der Waals surface area contributed by atoms with E-state index < -0.39 is 0 Å². The van der Waals surface area contributed by atoms with Crippen molar-refractivity contribution >= 4 is 22.4 Å². The fourth-order valence-corrected chi connectivity index (χ4v) is 4.99. The maximum Gasteiger partial charge on any atom is 0.217 e. The van der Waals surface area contributed by atoms with Crippen LogP contribution >= 0.6 is 11.3 Å². The predicted molar refractivity (Wildman–Crippen MR) is 96.3 cm³/mol. The molecular formula is C17H28N4O2S. The second-order valence-electron chi connectivity index (χ2n) is 7.27. The van der Waals surface area contributed by atoms with Gasteiger partial charge in [-0.15, -0.1) is 11.3 Å². The number of hydrogen-bond acceptors (Lipinski definition) is 6. The van der Waals surface area contributed by atoms with Gasteiger partial charge < -0.3 is 15.0 Å². The molecule has 1 aliphatic carbocycles. The van der Waals surface area contributed by atoms with Gasteiger partial charge in [-0.25, -0.2) is 4.98 Å². The molecular weight excluding hydrogens is 324 g/mol. The van der Waals surface area contributed by atoms with Gasteiger partial charge in [-0.2, -0.15) is 0 Å². The molecule has 1 amide bonds. The third-order valence-corrected chi connectivity index (χ3v) is 6.34. The Hall–Kier alpha value is -1.18. The first kappa shape index (κ1) is 17.6. The summed E-state index contributed by atoms with van der Waals surface area (Å²) < 4.78 is 5.65. The van der Waals surface area contributed by atoms with Gasteiger partial charge in [0, 0.05) is 58.8 Å². The summed E-state index contributed by atoms with van der Waals surface area (Å²) in [6, 6.07) is 0.150. The third-order valence-electron chi connectivity index (χ3n) is 5.19. The number of aromatic nitrogens is 1. The van der Waals surface area contributed by atoms with Crippen LogP contribution in [0.15, 0.2) is 6.20 Å². The molecule has 0 unspecified atom stereocenters. The van der Waals surface area contributed by atoms with Crippen molar-refractivity contribution in [1.29, 1.82) is 0 Å². The second-order valence-corrected chi connectivity index (χ2v) is 8.36. The number of nitrogens with one attached hydrogen (secondary N) is 1. The molecule has 1 aliphatic heterocycles. The van der Waals surface area contributed by atoms with Crippen LogP contribution < -0.4 is 10.2 Å². The highest BCUT2D eigenvalue weighted by Gasteiger charge is 2.42. The summed E-state index contributed by atoms with van der Waals surface area (Å²) in [4.78, 5) is 21.8. The van der Waals surface area contributed by atoms with Gasteiger partial charge in [0.1, 0.15) is 0 Å². The van der Waals surface area contributed by atoms with E-state index in [0.29, 0.717) is 11.8 Å². The van der Waals surface area contributed by atoms with Gasteiger partial charge in [-0.05, 0) is 24.7 Å². The number of nitrogens with zero attached hydrogens (tertiary/aromatic N) is 3. The zero-order chi connectivity index (χ0) is 17.3. The topological polar surface area (TPSA) is 57.7 Å². The summed E-state index contributed by atoms with van der Waals surface area (Å²) in [5.41, 5.74) is 0. The lowest BCUT2D eigenvalue weighted by Gasteiger charge is -2.37. The number of thiazole rings is 1. The number of carbonyl (C=O) groups is 1. The number of carbonyl (C=O) groups excluding carboxylic acids is 1. The molecule has 4 atom stereocenters. The number of rotatable bonds is 5. The molecule has 24 heavy (non-hydrogen) atoms. The molecule has 1 N–H and O–H groups in total. The van der Waals surface area contributed by atoms with Crippen LogP contribution in [0.1, 0.15) is 24.6 Å². The molecule has 2 aliphatic rings. The number of hydrogen-bond donors (Lipinski definition) is 1. The fraction of sp³-hybridized carbons (Fsp3) is 0.765. The van der Waals surface area contributed by atoms with Gasteiger partial charge in [0.2, 0.25) is 5.91 Å². The van der Waals surface area contributed by atoms with Crippen LogP contribution in [0.25, 0.3) is 0 Å². The van der Waals surface area contributed by atoms with E-state index >= 15 is 0 Å². The Morgan fingerprint density at radius 3 is 2.71 bits per heavy atom. The molecule has 7 heteroatoms. The van der Waals surface area contributed by atoms with Gasteiger partial charge in [0.15, 0.2) is 5.13 Å². The van der Waals surface area contributed by atoms with E-state index in [1.54, 1.807) is 25.4 Å². The quantitative estimate of drug-likeness (QED) is 0.872. The number of fused-ring (bicyclic) bond motifs is 1. The molecule has 1 saturated carbocycles. The van der Waals surface area contributed by atoms with Gasteiger partial charge in [-0.3, -0.25) is 9.69 Å². The summed E-state index contributed by atoms with van der Waals surface area (Å²) in [6.45, 7) is 4.78. The maximum atomic E-state index is 11.4. The lowest BCUT2D eigenvalue weighted by atomic mass is 9.77. The Bertz CT molecular complexity index is 577. The lowest BCUT2D eigenvalue weighted by molar-refractivity contribution is -0.121. The van der Waals surface area contributed by atoms with E-state index in [2.05, 4.69) is 20.1 Å². The van der Waals surface area contributed by atoms with Crippen molar-refractivity contribution in [2.45, 2.75) is 38.5 Å². The van der Waals surface area contributed by atoms with E-state index in [0.717, 1.165) is 37.6 Å². The van der Waals surface area contributed by atoms with Crippen LogP contribution in [0.3, 0.4) is 0 Å². The van der Waals surface area contributed by atoms with E-state index in [-0.39, 0.29) is 18.1 Å². The van der Waals surface area contributed by atoms with Gasteiger partial charge >= 0.3 is 0 Å². The molecule has 6 nitrogen and oxygen atoms in total. The number of ether oxygens (including phenoxy) is 1. The number of likely N-dealkylation sites (tertiary alicyclic amines) is 1. The van der Waals surface area contributed by atoms with Crippen molar-refractivity contribution in [3.05, 3.63) is 11.1 Å². The van der Waals surface area contributed by atoms with Crippen molar-refractivity contribution in [1.82, 2.24) is 15.2 Å². The predicted octanol–water partition coefficient (Wildman–Crippen LogP) is 1.57. The van der Waals surface area contributed by atoms with Gasteiger partial charge in [-0.1, -0.05) is 0 Å². The number of methoxy groups -OCH3 is 1. The zero-order valence-electron chi connectivity index (χ0n) is 15.0. The monoisotopic (exact) mass is 352 g/mol. The Kier molecular flexibility index (Phi) is 5.42. The molecule has 0 aromatic carbocycles. The van der Waals surface area contributed by atoms with Crippen molar-refractivity contribution in [3.8, 4) is 0 Å². The Morgan fingerprint density at radius 1 is 1.42 bits per heavy atom. The molecule has 1 aromatic heterocycles. The number of amides is 1. The molecule has 3 rings (SSSR count). The van der Waals surface area contributed by atoms with Crippen molar-refractivity contribution in [3.63, 3.8) is 0 Å². The van der Waals surface area contributed by atoms with E-state index in [4.69, 9.17) is 4.74 Å². The van der Waals surface area contributed by atoms with Crippen molar-refractivity contribution in [2.75, 3.05) is 39.2 Å². The molecule has 1 saturated heterocycles. The first-order valence-corrected chi connectivity index (χ1v) is 9.42. The normalized spacial score (nSPS) is 30.2. The standard InChI is InChI=1S/C17H28N4O2S/c1-11(22)19-15-5-12-8-21(9-13(12)6-16(15)23-4)10-14-7-18-17(24-14)20(2)3/h7,12-13,15-16H,5-6,8-10H2,1-4H3,(H,19,22)/t12-,13+,15-,16-/m1/s1. The van der Waals surface area contributed by atoms with Crippen molar-refractivity contribution < 1.29 is 9.53 Å². The first-order chi connectivity index (χ1) is 11.5. The molecule has 2 heterocycles. The molecule has 1 aromatic rings. The Labute approximate surface area is 148 Å². The summed E-state index contributed by atoms with van der Waals surface area (Å²) in [5.74, 6) is 1.35. The molecule has 2 fully saturated rings. The average Bonchev–Trinajstić information content (AvgIpc) is 3.12. The SMILES string of the molecule is CO[C@@H]1C[C@H]2CN(Cc3cnc(N(C)C)s3)C[C@H]2C[C@H]1NC(C)=O. The second kappa shape index (κ2) is 7.37. The molecule has 0 spiro atoms. The summed E-state index contributed by atoms with van der Waals surface area (Å²) >= 11 is 1.77. The highest BCUT2D eigenvalue weighted by Crippen LogP contribution is 2.38. The lowest BCUT2D eigenvalue weighted by Crippen LogP contribution is -2.49. The van der Waals surface area contributed by atoms with Crippen LogP contribution in [0.5, 0.6) is 0 Å². The summed E-state index contributed by atoms with van der Waals surface area (Å²) in [7, 11) is 5.81. The molecule has 0 radical (unpaired) electrons. The minimum atomic E-state index is 0.0382. The summed E-state index contributed by atoms with van der Waals surface area (Å²) in [6.07, 6.45) is 4.19. The van der Waals surface area contributed by atoms with E-state index in [9.17, 15) is 4.79 Å². The molecule has 0 bridgehead atoms. The Morgan fingerprint density at radius 2 is 2.12 bits per heavy atom. The van der Waals surface area contributed by atoms with Gasteiger partial charge in [0.05, 0.1) is 12.1 Å².